The van der Waals surface area contributed by atoms with Gasteiger partial charge in [0, 0.05) is 24.2 Å². The molecule has 18 heavy (non-hydrogen) atoms. The molecule has 1 fully saturated rings. The van der Waals surface area contributed by atoms with Gasteiger partial charge in [0.15, 0.2) is 0 Å². The lowest BCUT2D eigenvalue weighted by Crippen LogP contribution is -2.32. The summed E-state index contributed by atoms with van der Waals surface area (Å²) in [5, 5.41) is 0.275. The van der Waals surface area contributed by atoms with Gasteiger partial charge in [-0.05, 0) is 25.0 Å². The molecule has 0 aliphatic carbocycles. The maximum Gasteiger partial charge on any atom is 0.260 e. The molecule has 0 saturated carbocycles. The van der Waals surface area contributed by atoms with E-state index in [9.17, 15) is 9.59 Å². The highest BCUT2D eigenvalue weighted by Crippen LogP contribution is 2.23. The number of carbonyl (C=O) groups is 2. The summed E-state index contributed by atoms with van der Waals surface area (Å²) in [6.07, 6.45) is 1.37. The molecule has 5 heteroatoms. The smallest absolute Gasteiger partial charge is 0.260 e. The first-order valence-electron chi connectivity index (χ1n) is 6.00. The molecule has 1 aromatic rings. The van der Waals surface area contributed by atoms with Crippen LogP contribution in [0.25, 0.3) is 0 Å². The molecule has 1 aromatic heterocycles. The number of aromatic nitrogens is 1. The van der Waals surface area contributed by atoms with Gasteiger partial charge in [-0.3, -0.25) is 14.5 Å². The van der Waals surface area contributed by atoms with Crippen molar-refractivity contribution in [1.29, 1.82) is 0 Å². The maximum atomic E-state index is 12.2. The minimum Gasteiger partial charge on any atom is -0.278 e. The first kappa shape index (κ1) is 13.0. The highest BCUT2D eigenvalue weighted by molar-refractivity contribution is 6.29. The number of likely N-dealkylation sites (tertiary alicyclic amines) is 1. The molecule has 0 spiro atoms. The van der Waals surface area contributed by atoms with Crippen LogP contribution in [-0.2, 0) is 4.79 Å². The van der Waals surface area contributed by atoms with Gasteiger partial charge in [-0.1, -0.05) is 24.9 Å². The summed E-state index contributed by atoms with van der Waals surface area (Å²) in [7, 11) is 0. The summed E-state index contributed by atoms with van der Waals surface area (Å²) in [6, 6.07) is 3.16. The first-order chi connectivity index (χ1) is 8.51. The summed E-state index contributed by atoms with van der Waals surface area (Å²) in [5.41, 5.74) is 1.10. The standard InChI is InChI=1S/C13H15ClN2O2/c1-3-9-5-12(17)16(7-9)13(18)10-4-8(2)15-11(14)6-10/h4,6,9H,3,5,7H2,1-2H3. The SMILES string of the molecule is CCC1CC(=O)N(C(=O)c2cc(C)nc(Cl)c2)C1. The van der Waals surface area contributed by atoms with Crippen LogP contribution in [0.1, 0.15) is 35.8 Å². The largest absolute Gasteiger partial charge is 0.278 e. The third kappa shape index (κ3) is 2.53. The second-order valence-corrected chi connectivity index (χ2v) is 5.00. The molecule has 1 aliphatic heterocycles. The highest BCUT2D eigenvalue weighted by Gasteiger charge is 2.33. The zero-order chi connectivity index (χ0) is 13.3. The van der Waals surface area contributed by atoms with E-state index in [-0.39, 0.29) is 22.9 Å². The van der Waals surface area contributed by atoms with Gasteiger partial charge in [0.05, 0.1) is 0 Å². The average molecular weight is 267 g/mol. The zero-order valence-corrected chi connectivity index (χ0v) is 11.2. The summed E-state index contributed by atoms with van der Waals surface area (Å²) in [4.78, 5) is 29.3. The molecule has 2 amide bonds. The van der Waals surface area contributed by atoms with E-state index in [1.807, 2.05) is 6.92 Å². The Kier molecular flexibility index (Phi) is 3.66. The molecule has 2 heterocycles. The normalized spacial score (nSPS) is 19.4. The number of nitrogens with zero attached hydrogens (tertiary/aromatic N) is 2. The summed E-state index contributed by atoms with van der Waals surface area (Å²) < 4.78 is 0. The van der Waals surface area contributed by atoms with E-state index in [1.54, 1.807) is 13.0 Å². The maximum absolute atomic E-state index is 12.2. The van der Waals surface area contributed by atoms with Crippen molar-refractivity contribution in [3.05, 3.63) is 28.5 Å². The Morgan fingerprint density at radius 2 is 2.28 bits per heavy atom. The van der Waals surface area contributed by atoms with E-state index in [0.29, 0.717) is 24.2 Å². The zero-order valence-electron chi connectivity index (χ0n) is 10.4. The van der Waals surface area contributed by atoms with Crippen LogP contribution in [-0.4, -0.2) is 28.2 Å². The van der Waals surface area contributed by atoms with Crippen LogP contribution < -0.4 is 0 Å². The molecule has 4 nitrogen and oxygen atoms in total. The molecule has 0 N–H and O–H groups in total. The van der Waals surface area contributed by atoms with Crippen LogP contribution in [0.15, 0.2) is 12.1 Å². The number of hydrogen-bond acceptors (Lipinski definition) is 3. The first-order valence-corrected chi connectivity index (χ1v) is 6.38. The lowest BCUT2D eigenvalue weighted by Gasteiger charge is -2.14. The fraction of sp³-hybridized carbons (Fsp3) is 0.462. The van der Waals surface area contributed by atoms with Gasteiger partial charge in [0.25, 0.3) is 5.91 Å². The van der Waals surface area contributed by atoms with Crippen molar-refractivity contribution in [2.24, 2.45) is 5.92 Å². The fourth-order valence-electron chi connectivity index (χ4n) is 2.16. The van der Waals surface area contributed by atoms with Crippen molar-refractivity contribution < 1.29 is 9.59 Å². The van der Waals surface area contributed by atoms with Crippen molar-refractivity contribution >= 4 is 23.4 Å². The van der Waals surface area contributed by atoms with Crippen molar-refractivity contribution in [3.8, 4) is 0 Å². The molecule has 1 saturated heterocycles. The molecule has 0 aromatic carbocycles. The number of hydrogen-bond donors (Lipinski definition) is 0. The number of imide groups is 1. The monoisotopic (exact) mass is 266 g/mol. The molecule has 0 bridgehead atoms. The van der Waals surface area contributed by atoms with Crippen LogP contribution in [0.4, 0.5) is 0 Å². The van der Waals surface area contributed by atoms with Gasteiger partial charge in [0.2, 0.25) is 5.91 Å². The lowest BCUT2D eigenvalue weighted by atomic mass is 10.1. The molecule has 1 aliphatic rings. The fourth-order valence-corrected chi connectivity index (χ4v) is 2.41. The van der Waals surface area contributed by atoms with E-state index in [2.05, 4.69) is 4.98 Å². The van der Waals surface area contributed by atoms with Gasteiger partial charge < -0.3 is 0 Å². The van der Waals surface area contributed by atoms with Gasteiger partial charge in [-0.25, -0.2) is 4.98 Å². The predicted octanol–water partition coefficient (Wildman–Crippen LogP) is 2.44. The molecule has 2 rings (SSSR count). The van der Waals surface area contributed by atoms with Crippen molar-refractivity contribution in [2.75, 3.05) is 6.54 Å². The number of rotatable bonds is 2. The molecular formula is C13H15ClN2O2. The number of carbonyl (C=O) groups excluding carboxylic acids is 2. The lowest BCUT2D eigenvalue weighted by molar-refractivity contribution is -0.125. The van der Waals surface area contributed by atoms with Crippen LogP contribution >= 0.6 is 11.6 Å². The Hall–Kier alpha value is -1.42. The van der Waals surface area contributed by atoms with Gasteiger partial charge in [0.1, 0.15) is 5.15 Å². The van der Waals surface area contributed by atoms with Crippen molar-refractivity contribution in [1.82, 2.24) is 9.88 Å². The number of aryl methyl sites for hydroxylation is 1. The van der Waals surface area contributed by atoms with Gasteiger partial charge in [-0.2, -0.15) is 0 Å². The number of pyridine rings is 1. The van der Waals surface area contributed by atoms with Crippen LogP contribution in [0.2, 0.25) is 5.15 Å². The van der Waals surface area contributed by atoms with E-state index in [0.717, 1.165) is 6.42 Å². The number of halogens is 1. The van der Waals surface area contributed by atoms with E-state index < -0.39 is 0 Å². The van der Waals surface area contributed by atoms with Crippen LogP contribution in [0.5, 0.6) is 0 Å². The summed E-state index contributed by atoms with van der Waals surface area (Å²) in [6.45, 7) is 4.30. The van der Waals surface area contributed by atoms with Crippen molar-refractivity contribution in [2.45, 2.75) is 26.7 Å². The Labute approximate surface area is 111 Å². The average Bonchev–Trinajstić information content (AvgIpc) is 2.68. The quantitative estimate of drug-likeness (QED) is 0.610. The number of amides is 2. The minimum absolute atomic E-state index is 0.0996. The third-order valence-corrected chi connectivity index (χ3v) is 3.39. The van der Waals surface area contributed by atoms with Gasteiger partial charge in [-0.15, -0.1) is 0 Å². The third-order valence-electron chi connectivity index (χ3n) is 3.20. The molecule has 96 valence electrons. The minimum atomic E-state index is -0.275. The Bertz CT molecular complexity index is 482. The summed E-state index contributed by atoms with van der Waals surface area (Å²) >= 11 is 5.83. The van der Waals surface area contributed by atoms with Gasteiger partial charge >= 0.3 is 0 Å². The van der Waals surface area contributed by atoms with E-state index in [1.165, 1.54) is 11.0 Å². The predicted molar refractivity (Wildman–Crippen MR) is 68.4 cm³/mol. The molecule has 1 atom stereocenters. The second kappa shape index (κ2) is 5.06. The Morgan fingerprint density at radius 1 is 1.56 bits per heavy atom. The molecule has 0 radical (unpaired) electrons. The second-order valence-electron chi connectivity index (χ2n) is 4.61. The molecular weight excluding hydrogens is 252 g/mol. The van der Waals surface area contributed by atoms with E-state index >= 15 is 0 Å². The summed E-state index contributed by atoms with van der Waals surface area (Å²) in [5.74, 6) is -0.0966. The molecule has 1 unspecified atom stereocenters. The highest BCUT2D eigenvalue weighted by atomic mass is 35.5. The van der Waals surface area contributed by atoms with Crippen LogP contribution in [0, 0.1) is 12.8 Å². The van der Waals surface area contributed by atoms with Crippen LogP contribution in [0.3, 0.4) is 0 Å². The van der Waals surface area contributed by atoms with E-state index in [4.69, 9.17) is 11.6 Å². The van der Waals surface area contributed by atoms with Crippen molar-refractivity contribution in [3.63, 3.8) is 0 Å². The Balaban J connectivity index is 2.24. The Morgan fingerprint density at radius 3 is 2.83 bits per heavy atom. The topological polar surface area (TPSA) is 50.3 Å².